The SMILES string of the molecule is CCN1C(=O)N[C@H](c2ccccc2C(F)(F)F)C2=C1CN([C@H](CC(C)C)C(=O)NCC1CC1)C2=O. The van der Waals surface area contributed by atoms with E-state index in [9.17, 15) is 27.6 Å². The summed E-state index contributed by atoms with van der Waals surface area (Å²) in [5.74, 6) is -0.234. The first-order chi connectivity index (χ1) is 16.5. The Morgan fingerprint density at radius 3 is 2.49 bits per heavy atom. The van der Waals surface area contributed by atoms with Gasteiger partial charge in [0.1, 0.15) is 6.04 Å². The van der Waals surface area contributed by atoms with Crippen molar-refractivity contribution in [3.8, 4) is 0 Å². The molecule has 4 amide bonds. The monoisotopic (exact) mass is 492 g/mol. The summed E-state index contributed by atoms with van der Waals surface area (Å²) in [5, 5.41) is 5.55. The Kier molecular flexibility index (Phi) is 6.83. The van der Waals surface area contributed by atoms with E-state index >= 15 is 0 Å². The molecule has 0 aromatic heterocycles. The Hall–Kier alpha value is -3.04. The number of likely N-dealkylation sites (N-methyl/N-ethyl adjacent to an activating group) is 1. The van der Waals surface area contributed by atoms with Gasteiger partial charge in [-0.25, -0.2) is 4.79 Å². The standard InChI is InChI=1S/C25H31F3N4O3/c1-4-31-19-13-32(18(11-14(2)3)22(33)29-12-15-9-10-15)23(34)20(19)21(30-24(31)35)16-7-5-6-8-17(16)25(26,27)28/h5-8,14-15,18,21H,4,9-13H2,1-3H3,(H,29,33)(H,30,35)/t18-,21-/m1/s1. The van der Waals surface area contributed by atoms with Gasteiger partial charge in [-0.15, -0.1) is 0 Å². The summed E-state index contributed by atoms with van der Waals surface area (Å²) in [4.78, 5) is 42.6. The molecule has 0 bridgehead atoms. The van der Waals surface area contributed by atoms with Crippen molar-refractivity contribution in [1.29, 1.82) is 0 Å². The van der Waals surface area contributed by atoms with Gasteiger partial charge in [0.05, 0.1) is 29.4 Å². The number of alkyl halides is 3. The molecule has 2 N–H and O–H groups in total. The number of urea groups is 1. The van der Waals surface area contributed by atoms with E-state index in [1.165, 1.54) is 28.0 Å². The fourth-order valence-corrected chi connectivity index (χ4v) is 4.85. The highest BCUT2D eigenvalue weighted by Gasteiger charge is 2.48. The lowest BCUT2D eigenvalue weighted by atomic mass is 9.91. The number of hydrogen-bond donors (Lipinski definition) is 2. The zero-order chi connectivity index (χ0) is 25.5. The molecule has 0 unspecified atom stereocenters. The summed E-state index contributed by atoms with van der Waals surface area (Å²) < 4.78 is 41.4. The summed E-state index contributed by atoms with van der Waals surface area (Å²) in [6, 6.07) is 2.34. The molecule has 7 nitrogen and oxygen atoms in total. The van der Waals surface area contributed by atoms with Gasteiger partial charge >= 0.3 is 12.2 Å². The van der Waals surface area contributed by atoms with Crippen molar-refractivity contribution < 1.29 is 27.6 Å². The molecule has 0 saturated heterocycles. The number of hydrogen-bond acceptors (Lipinski definition) is 3. The smallest absolute Gasteiger partial charge is 0.354 e. The third kappa shape index (κ3) is 5.01. The van der Waals surface area contributed by atoms with Crippen molar-refractivity contribution in [2.24, 2.45) is 11.8 Å². The zero-order valence-corrected chi connectivity index (χ0v) is 20.1. The maximum absolute atomic E-state index is 13.8. The van der Waals surface area contributed by atoms with Crippen LogP contribution in [0.3, 0.4) is 0 Å². The molecule has 0 spiro atoms. The van der Waals surface area contributed by atoms with Gasteiger partial charge in [0, 0.05) is 13.1 Å². The molecule has 1 saturated carbocycles. The largest absolute Gasteiger partial charge is 0.416 e. The predicted molar refractivity (Wildman–Crippen MR) is 123 cm³/mol. The minimum Gasteiger partial charge on any atom is -0.354 e. The maximum Gasteiger partial charge on any atom is 0.416 e. The Morgan fingerprint density at radius 1 is 1.20 bits per heavy atom. The van der Waals surface area contributed by atoms with Gasteiger partial charge in [-0.3, -0.25) is 14.5 Å². The van der Waals surface area contributed by atoms with E-state index in [1.807, 2.05) is 13.8 Å². The van der Waals surface area contributed by atoms with Gasteiger partial charge in [0.25, 0.3) is 5.91 Å². The molecule has 4 rings (SSSR count). The Morgan fingerprint density at radius 2 is 1.89 bits per heavy atom. The third-order valence-electron chi connectivity index (χ3n) is 6.78. The van der Waals surface area contributed by atoms with E-state index in [1.54, 1.807) is 6.92 Å². The highest BCUT2D eigenvalue weighted by molar-refractivity contribution is 6.03. The van der Waals surface area contributed by atoms with E-state index in [-0.39, 0.29) is 36.1 Å². The molecule has 0 radical (unpaired) electrons. The molecule has 2 heterocycles. The number of benzene rings is 1. The first-order valence-electron chi connectivity index (χ1n) is 12.1. The zero-order valence-electron chi connectivity index (χ0n) is 20.1. The lowest BCUT2D eigenvalue weighted by Gasteiger charge is -2.33. The van der Waals surface area contributed by atoms with Gasteiger partial charge in [-0.1, -0.05) is 32.0 Å². The van der Waals surface area contributed by atoms with Gasteiger partial charge in [-0.2, -0.15) is 13.2 Å². The second-order valence-corrected chi connectivity index (χ2v) is 9.84. The van der Waals surface area contributed by atoms with Crippen molar-refractivity contribution in [3.63, 3.8) is 0 Å². The van der Waals surface area contributed by atoms with Crippen LogP contribution in [0.2, 0.25) is 0 Å². The average molecular weight is 493 g/mol. The Balaban J connectivity index is 1.72. The van der Waals surface area contributed by atoms with Gasteiger partial charge in [0.2, 0.25) is 5.91 Å². The van der Waals surface area contributed by atoms with E-state index in [0.29, 0.717) is 24.6 Å². The molecule has 1 aromatic rings. The number of amides is 4. The van der Waals surface area contributed by atoms with Crippen LogP contribution in [0.4, 0.5) is 18.0 Å². The van der Waals surface area contributed by atoms with Crippen molar-refractivity contribution in [3.05, 3.63) is 46.7 Å². The second kappa shape index (κ2) is 9.54. The number of carbonyl (C=O) groups is 3. The van der Waals surface area contributed by atoms with Crippen LogP contribution in [-0.4, -0.2) is 53.3 Å². The number of halogens is 3. The van der Waals surface area contributed by atoms with Crippen LogP contribution in [-0.2, 0) is 15.8 Å². The number of carbonyl (C=O) groups excluding carboxylic acids is 3. The van der Waals surface area contributed by atoms with E-state index < -0.39 is 35.8 Å². The lowest BCUT2D eigenvalue weighted by Crippen LogP contribution is -2.49. The van der Waals surface area contributed by atoms with E-state index in [0.717, 1.165) is 18.9 Å². The number of nitrogens with one attached hydrogen (secondary N) is 2. The summed E-state index contributed by atoms with van der Waals surface area (Å²) in [5.41, 5.74) is -0.654. The molecule has 2 atom stereocenters. The number of rotatable bonds is 8. The maximum atomic E-state index is 13.8. The van der Waals surface area contributed by atoms with Crippen LogP contribution in [0.25, 0.3) is 0 Å². The molecule has 1 aliphatic carbocycles. The first kappa shape index (κ1) is 25.1. The fraction of sp³-hybridized carbons (Fsp3) is 0.560. The predicted octanol–water partition coefficient (Wildman–Crippen LogP) is 3.83. The molecular weight excluding hydrogens is 461 g/mol. The molecule has 1 fully saturated rings. The van der Waals surface area contributed by atoms with Crippen LogP contribution in [0.5, 0.6) is 0 Å². The minimum absolute atomic E-state index is 0.00561. The number of nitrogens with zero attached hydrogens (tertiary/aromatic N) is 2. The van der Waals surface area contributed by atoms with Crippen LogP contribution in [0.1, 0.15) is 57.2 Å². The van der Waals surface area contributed by atoms with E-state index in [4.69, 9.17) is 0 Å². The first-order valence-corrected chi connectivity index (χ1v) is 12.1. The summed E-state index contributed by atoms with van der Waals surface area (Å²) in [6.45, 7) is 6.40. The van der Waals surface area contributed by atoms with Gasteiger partial charge in [-0.05, 0) is 49.7 Å². The van der Waals surface area contributed by atoms with Crippen molar-refractivity contribution >= 4 is 17.8 Å². The molecule has 10 heteroatoms. The van der Waals surface area contributed by atoms with Gasteiger partial charge < -0.3 is 15.5 Å². The summed E-state index contributed by atoms with van der Waals surface area (Å²) in [6.07, 6.45) is -2.13. The quantitative estimate of drug-likeness (QED) is 0.579. The van der Waals surface area contributed by atoms with Crippen LogP contribution < -0.4 is 10.6 Å². The van der Waals surface area contributed by atoms with Crippen molar-refractivity contribution in [2.75, 3.05) is 19.6 Å². The molecule has 1 aromatic carbocycles. The van der Waals surface area contributed by atoms with Crippen LogP contribution >= 0.6 is 0 Å². The molecule has 2 aliphatic heterocycles. The van der Waals surface area contributed by atoms with Crippen molar-refractivity contribution in [2.45, 2.75) is 58.3 Å². The molecule has 190 valence electrons. The highest BCUT2D eigenvalue weighted by Crippen LogP contribution is 2.42. The van der Waals surface area contributed by atoms with Crippen LogP contribution in [0, 0.1) is 11.8 Å². The minimum atomic E-state index is -4.66. The molecular formula is C25H31F3N4O3. The van der Waals surface area contributed by atoms with Crippen LogP contribution in [0.15, 0.2) is 35.5 Å². The summed E-state index contributed by atoms with van der Waals surface area (Å²) in [7, 11) is 0. The molecule has 35 heavy (non-hydrogen) atoms. The topological polar surface area (TPSA) is 81.8 Å². The lowest BCUT2D eigenvalue weighted by molar-refractivity contribution is -0.139. The summed E-state index contributed by atoms with van der Waals surface area (Å²) >= 11 is 0. The Labute approximate surface area is 202 Å². The third-order valence-corrected chi connectivity index (χ3v) is 6.78. The second-order valence-electron chi connectivity index (χ2n) is 9.84. The Bertz CT molecular complexity index is 1050. The van der Waals surface area contributed by atoms with Gasteiger partial charge in [0.15, 0.2) is 0 Å². The normalized spacial score (nSPS) is 21.4. The van der Waals surface area contributed by atoms with E-state index in [2.05, 4.69) is 10.6 Å². The molecule has 3 aliphatic rings. The highest BCUT2D eigenvalue weighted by atomic mass is 19.4. The fourth-order valence-electron chi connectivity index (χ4n) is 4.85. The van der Waals surface area contributed by atoms with Crippen molar-refractivity contribution in [1.82, 2.24) is 20.4 Å². The average Bonchev–Trinajstić information content (AvgIpc) is 3.57.